The summed E-state index contributed by atoms with van der Waals surface area (Å²) in [4.78, 5) is 0. The third-order valence-electron chi connectivity index (χ3n) is 3.12. The molecule has 24 heavy (non-hydrogen) atoms. The second-order valence-corrected chi connectivity index (χ2v) is 5.08. The topological polar surface area (TPSA) is 42.9 Å². The molecule has 0 atom stereocenters. The maximum absolute atomic E-state index is 12.7. The molecular formula is C16H14ClF3N2O2. The SMILES string of the molecule is COc1ccc(OC)c(/C=N\Nc2cc(C(F)(F)F)ccc2Cl)c1. The normalized spacial score (nSPS) is 11.6. The van der Waals surface area contributed by atoms with Crippen molar-refractivity contribution in [3.63, 3.8) is 0 Å². The van der Waals surface area contributed by atoms with Gasteiger partial charge in [-0.05, 0) is 36.4 Å². The third kappa shape index (κ3) is 4.32. The molecule has 0 aromatic heterocycles. The first-order chi connectivity index (χ1) is 11.3. The number of nitrogens with zero attached hydrogens (tertiary/aromatic N) is 1. The maximum Gasteiger partial charge on any atom is 0.416 e. The van der Waals surface area contributed by atoms with Gasteiger partial charge in [-0.1, -0.05) is 11.6 Å². The quantitative estimate of drug-likeness (QED) is 0.615. The molecule has 0 aliphatic carbocycles. The van der Waals surface area contributed by atoms with Crippen LogP contribution in [0, 0.1) is 0 Å². The highest BCUT2D eigenvalue weighted by atomic mass is 35.5. The van der Waals surface area contributed by atoms with Gasteiger partial charge in [0.25, 0.3) is 0 Å². The number of nitrogens with one attached hydrogen (secondary N) is 1. The molecule has 0 aliphatic heterocycles. The van der Waals surface area contributed by atoms with Crippen LogP contribution in [0.3, 0.4) is 0 Å². The van der Waals surface area contributed by atoms with E-state index in [1.807, 2.05) is 0 Å². The molecule has 0 saturated heterocycles. The van der Waals surface area contributed by atoms with E-state index in [4.69, 9.17) is 21.1 Å². The molecule has 0 heterocycles. The summed E-state index contributed by atoms with van der Waals surface area (Å²) in [6.45, 7) is 0. The number of rotatable bonds is 5. The summed E-state index contributed by atoms with van der Waals surface area (Å²) in [5.41, 5.74) is 2.32. The van der Waals surface area contributed by atoms with Gasteiger partial charge >= 0.3 is 6.18 Å². The average molecular weight is 359 g/mol. The Kier molecular flexibility index (Phi) is 5.56. The van der Waals surface area contributed by atoms with Crippen molar-refractivity contribution < 1.29 is 22.6 Å². The number of methoxy groups -OCH3 is 2. The zero-order valence-corrected chi connectivity index (χ0v) is 13.6. The van der Waals surface area contributed by atoms with Gasteiger partial charge in [0.05, 0.1) is 36.7 Å². The fraction of sp³-hybridized carbons (Fsp3) is 0.188. The Labute approximate surface area is 141 Å². The molecule has 0 saturated carbocycles. The van der Waals surface area contributed by atoms with Gasteiger partial charge in [-0.15, -0.1) is 0 Å². The number of anilines is 1. The Morgan fingerprint density at radius 3 is 2.46 bits per heavy atom. The Morgan fingerprint density at radius 1 is 1.08 bits per heavy atom. The van der Waals surface area contributed by atoms with E-state index < -0.39 is 11.7 Å². The zero-order valence-electron chi connectivity index (χ0n) is 12.8. The fourth-order valence-corrected chi connectivity index (χ4v) is 2.06. The summed E-state index contributed by atoms with van der Waals surface area (Å²) < 4.78 is 48.5. The van der Waals surface area contributed by atoms with E-state index in [9.17, 15) is 13.2 Å². The molecule has 0 spiro atoms. The van der Waals surface area contributed by atoms with Gasteiger partial charge in [0.15, 0.2) is 0 Å². The molecule has 8 heteroatoms. The van der Waals surface area contributed by atoms with Crippen molar-refractivity contribution in [1.82, 2.24) is 0 Å². The molecule has 0 amide bonds. The number of hydrogen-bond donors (Lipinski definition) is 1. The molecule has 2 aromatic rings. The van der Waals surface area contributed by atoms with E-state index in [1.54, 1.807) is 18.2 Å². The first kappa shape index (κ1) is 17.9. The first-order valence-corrected chi connectivity index (χ1v) is 7.11. The number of benzene rings is 2. The zero-order chi connectivity index (χ0) is 17.7. The number of alkyl halides is 3. The largest absolute Gasteiger partial charge is 0.497 e. The van der Waals surface area contributed by atoms with Gasteiger partial charge in [0.2, 0.25) is 0 Å². The van der Waals surface area contributed by atoms with E-state index in [0.717, 1.165) is 18.2 Å². The van der Waals surface area contributed by atoms with Crippen molar-refractivity contribution in [1.29, 1.82) is 0 Å². The van der Waals surface area contributed by atoms with Gasteiger partial charge in [0.1, 0.15) is 11.5 Å². The summed E-state index contributed by atoms with van der Waals surface area (Å²) in [6.07, 6.45) is -3.06. The van der Waals surface area contributed by atoms with Crippen molar-refractivity contribution in [2.75, 3.05) is 19.6 Å². The summed E-state index contributed by atoms with van der Waals surface area (Å²) in [5.74, 6) is 1.13. The molecule has 4 nitrogen and oxygen atoms in total. The molecular weight excluding hydrogens is 345 g/mol. The summed E-state index contributed by atoms with van der Waals surface area (Å²) >= 11 is 5.89. The minimum absolute atomic E-state index is 0.0459. The van der Waals surface area contributed by atoms with Crippen LogP contribution in [0.2, 0.25) is 5.02 Å². The summed E-state index contributed by atoms with van der Waals surface area (Å²) in [6, 6.07) is 8.04. The maximum atomic E-state index is 12.7. The minimum Gasteiger partial charge on any atom is -0.497 e. The van der Waals surface area contributed by atoms with Crippen molar-refractivity contribution in [2.24, 2.45) is 5.10 Å². The van der Waals surface area contributed by atoms with Crippen LogP contribution in [-0.2, 0) is 6.18 Å². The highest BCUT2D eigenvalue weighted by Gasteiger charge is 2.30. The highest BCUT2D eigenvalue weighted by molar-refractivity contribution is 6.33. The Morgan fingerprint density at radius 2 is 1.83 bits per heavy atom. The van der Waals surface area contributed by atoms with Crippen molar-refractivity contribution in [3.05, 3.63) is 52.5 Å². The van der Waals surface area contributed by atoms with Gasteiger partial charge in [-0.25, -0.2) is 0 Å². The van der Waals surface area contributed by atoms with E-state index in [2.05, 4.69) is 10.5 Å². The van der Waals surface area contributed by atoms with Crippen LogP contribution in [-0.4, -0.2) is 20.4 Å². The first-order valence-electron chi connectivity index (χ1n) is 6.73. The van der Waals surface area contributed by atoms with E-state index in [-0.39, 0.29) is 10.7 Å². The van der Waals surface area contributed by atoms with Crippen LogP contribution < -0.4 is 14.9 Å². The molecule has 2 aromatic carbocycles. The third-order valence-corrected chi connectivity index (χ3v) is 3.45. The summed E-state index contributed by atoms with van der Waals surface area (Å²) in [7, 11) is 3.01. The van der Waals surface area contributed by atoms with Gasteiger partial charge in [-0.3, -0.25) is 5.43 Å². The van der Waals surface area contributed by atoms with Crippen LogP contribution in [0.15, 0.2) is 41.5 Å². The average Bonchev–Trinajstić information content (AvgIpc) is 2.55. The molecule has 0 unspecified atom stereocenters. The van der Waals surface area contributed by atoms with E-state index >= 15 is 0 Å². The second-order valence-electron chi connectivity index (χ2n) is 4.67. The molecule has 128 valence electrons. The standard InChI is InChI=1S/C16H14ClF3N2O2/c1-23-12-4-6-15(24-2)10(7-12)9-21-22-14-8-11(16(18,19)20)3-5-13(14)17/h3-9,22H,1-2H3/b21-9-. The van der Waals surface area contributed by atoms with Crippen molar-refractivity contribution in [3.8, 4) is 11.5 Å². The van der Waals surface area contributed by atoms with Crippen LogP contribution >= 0.6 is 11.6 Å². The van der Waals surface area contributed by atoms with E-state index in [0.29, 0.717) is 17.1 Å². The van der Waals surface area contributed by atoms with Crippen LogP contribution in [0.4, 0.5) is 18.9 Å². The molecule has 0 fully saturated rings. The molecule has 0 radical (unpaired) electrons. The Hall–Kier alpha value is -2.41. The lowest BCUT2D eigenvalue weighted by Crippen LogP contribution is -2.05. The minimum atomic E-state index is -4.46. The van der Waals surface area contributed by atoms with Crippen LogP contribution in [0.25, 0.3) is 0 Å². The number of ether oxygens (including phenoxy) is 2. The predicted molar refractivity (Wildman–Crippen MR) is 87.2 cm³/mol. The fourth-order valence-electron chi connectivity index (χ4n) is 1.90. The van der Waals surface area contributed by atoms with E-state index in [1.165, 1.54) is 20.4 Å². The Bertz CT molecular complexity index is 749. The predicted octanol–water partition coefficient (Wildman–Crippen LogP) is 4.82. The van der Waals surface area contributed by atoms with Crippen molar-refractivity contribution >= 4 is 23.5 Å². The second kappa shape index (κ2) is 7.44. The molecule has 2 rings (SSSR count). The highest BCUT2D eigenvalue weighted by Crippen LogP contribution is 2.33. The lowest BCUT2D eigenvalue weighted by Gasteiger charge is -2.10. The Balaban J connectivity index is 2.23. The molecule has 1 N–H and O–H groups in total. The van der Waals surface area contributed by atoms with Gasteiger partial charge < -0.3 is 9.47 Å². The smallest absolute Gasteiger partial charge is 0.416 e. The number of hydrazone groups is 1. The molecule has 0 aliphatic rings. The lowest BCUT2D eigenvalue weighted by atomic mass is 10.2. The van der Waals surface area contributed by atoms with Crippen molar-refractivity contribution in [2.45, 2.75) is 6.18 Å². The summed E-state index contributed by atoms with van der Waals surface area (Å²) in [5, 5.41) is 4.04. The van der Waals surface area contributed by atoms with Gasteiger partial charge in [0, 0.05) is 5.56 Å². The van der Waals surface area contributed by atoms with Crippen LogP contribution in [0.5, 0.6) is 11.5 Å². The number of hydrogen-bond acceptors (Lipinski definition) is 4. The van der Waals surface area contributed by atoms with Crippen LogP contribution in [0.1, 0.15) is 11.1 Å². The number of halogens is 4. The lowest BCUT2D eigenvalue weighted by molar-refractivity contribution is -0.137. The van der Waals surface area contributed by atoms with Gasteiger partial charge in [-0.2, -0.15) is 18.3 Å². The molecule has 0 bridgehead atoms. The monoisotopic (exact) mass is 358 g/mol.